The molecule has 0 atom stereocenters. The summed E-state index contributed by atoms with van der Waals surface area (Å²) >= 11 is 0. The summed E-state index contributed by atoms with van der Waals surface area (Å²) in [6.07, 6.45) is 0.294. The Kier molecular flexibility index (Phi) is 5.35. The number of nitrogens with one attached hydrogen (secondary N) is 2. The van der Waals surface area contributed by atoms with Gasteiger partial charge in [-0.25, -0.2) is 0 Å². The van der Waals surface area contributed by atoms with Crippen molar-refractivity contribution in [1.29, 1.82) is 0 Å². The average molecular weight is 396 g/mol. The maximum Gasteiger partial charge on any atom is 0.282 e. The molecule has 3 rings (SSSR count). The normalized spacial score (nSPS) is 12.5. The second-order valence-corrected chi connectivity index (χ2v) is 6.18. The zero-order chi connectivity index (χ0) is 21.1. The first-order valence-electron chi connectivity index (χ1n) is 8.65. The number of nitro groups is 1. The van der Waals surface area contributed by atoms with Crippen molar-refractivity contribution in [2.24, 2.45) is 0 Å². The van der Waals surface area contributed by atoms with Gasteiger partial charge in [-0.15, -0.1) is 0 Å². The van der Waals surface area contributed by atoms with Crippen molar-refractivity contribution in [1.82, 2.24) is 4.90 Å². The van der Waals surface area contributed by atoms with E-state index in [1.165, 1.54) is 18.2 Å². The number of nitrogens with zero attached hydrogens (tertiary/aromatic N) is 2. The van der Waals surface area contributed by atoms with Gasteiger partial charge >= 0.3 is 0 Å². The number of imide groups is 1. The van der Waals surface area contributed by atoms with Crippen LogP contribution in [-0.2, 0) is 9.59 Å². The lowest BCUT2D eigenvalue weighted by atomic mass is 10.1. The number of carbonyl (C=O) groups excluding carboxylic acids is 4. The van der Waals surface area contributed by atoms with E-state index in [2.05, 4.69) is 10.6 Å². The molecular weight excluding hydrogens is 380 g/mol. The molecule has 29 heavy (non-hydrogen) atoms. The Labute approximate surface area is 164 Å². The number of hydrogen-bond donors (Lipinski definition) is 2. The van der Waals surface area contributed by atoms with Crippen molar-refractivity contribution in [2.75, 3.05) is 17.2 Å². The SMILES string of the molecule is CCC(=O)Nc1cccc(NC(=O)CN2C(=O)c3cccc([N+](=O)[O-])c3C2=O)c1. The van der Waals surface area contributed by atoms with Gasteiger partial charge in [-0.2, -0.15) is 0 Å². The van der Waals surface area contributed by atoms with Crippen LogP contribution in [0.1, 0.15) is 34.1 Å². The van der Waals surface area contributed by atoms with Gasteiger partial charge in [0.1, 0.15) is 12.1 Å². The Morgan fingerprint density at radius 1 is 1.00 bits per heavy atom. The predicted octanol–water partition coefficient (Wildman–Crippen LogP) is 2.18. The van der Waals surface area contributed by atoms with E-state index in [1.54, 1.807) is 25.1 Å². The van der Waals surface area contributed by atoms with Crippen molar-refractivity contribution in [3.05, 3.63) is 63.7 Å². The van der Waals surface area contributed by atoms with Gasteiger partial charge in [0.05, 0.1) is 10.5 Å². The summed E-state index contributed by atoms with van der Waals surface area (Å²) in [6, 6.07) is 10.1. The maximum atomic E-state index is 12.5. The number of hydrogen-bond acceptors (Lipinski definition) is 6. The van der Waals surface area contributed by atoms with Crippen LogP contribution in [0.4, 0.5) is 17.1 Å². The highest BCUT2D eigenvalue weighted by Crippen LogP contribution is 2.30. The van der Waals surface area contributed by atoms with Gasteiger partial charge in [0, 0.05) is 23.9 Å². The summed E-state index contributed by atoms with van der Waals surface area (Å²) in [5.41, 5.74) is -0.0820. The number of rotatable bonds is 6. The first-order chi connectivity index (χ1) is 13.8. The largest absolute Gasteiger partial charge is 0.326 e. The zero-order valence-corrected chi connectivity index (χ0v) is 15.3. The minimum absolute atomic E-state index is 0.110. The zero-order valence-electron chi connectivity index (χ0n) is 15.3. The topological polar surface area (TPSA) is 139 Å². The lowest BCUT2D eigenvalue weighted by molar-refractivity contribution is -0.385. The fraction of sp³-hybridized carbons (Fsp3) is 0.158. The molecule has 0 unspecified atom stereocenters. The Hall–Kier alpha value is -4.08. The van der Waals surface area contributed by atoms with Crippen molar-refractivity contribution < 1.29 is 24.1 Å². The molecule has 0 aliphatic carbocycles. The van der Waals surface area contributed by atoms with Crippen molar-refractivity contribution >= 4 is 40.7 Å². The summed E-state index contributed by atoms with van der Waals surface area (Å²) in [4.78, 5) is 59.8. The molecule has 1 aliphatic rings. The lowest BCUT2D eigenvalue weighted by Crippen LogP contribution is -2.37. The van der Waals surface area contributed by atoms with E-state index in [1.807, 2.05) is 0 Å². The summed E-state index contributed by atoms with van der Waals surface area (Å²) in [5, 5.41) is 16.3. The van der Waals surface area contributed by atoms with Gasteiger partial charge in [0.25, 0.3) is 17.5 Å². The minimum atomic E-state index is -0.892. The molecule has 0 saturated carbocycles. The van der Waals surface area contributed by atoms with Gasteiger partial charge < -0.3 is 10.6 Å². The molecule has 10 nitrogen and oxygen atoms in total. The van der Waals surface area contributed by atoms with Crippen LogP contribution in [0.25, 0.3) is 0 Å². The van der Waals surface area contributed by atoms with Crippen LogP contribution < -0.4 is 10.6 Å². The van der Waals surface area contributed by atoms with Crippen LogP contribution in [0.15, 0.2) is 42.5 Å². The van der Waals surface area contributed by atoms with Crippen molar-refractivity contribution in [3.63, 3.8) is 0 Å². The summed E-state index contributed by atoms with van der Waals surface area (Å²) in [6.45, 7) is 1.10. The third-order valence-electron chi connectivity index (χ3n) is 4.23. The fourth-order valence-corrected chi connectivity index (χ4v) is 2.88. The molecule has 0 saturated heterocycles. The fourth-order valence-electron chi connectivity index (χ4n) is 2.88. The van der Waals surface area contributed by atoms with E-state index >= 15 is 0 Å². The standard InChI is InChI=1S/C19H16N4O6/c1-2-15(24)20-11-5-3-6-12(9-11)21-16(25)10-22-18(26)13-7-4-8-14(23(28)29)17(13)19(22)27/h3-9H,2,10H2,1H3,(H,20,24)(H,21,25). The van der Waals surface area contributed by atoms with Gasteiger partial charge in [0.2, 0.25) is 11.8 Å². The number of benzene rings is 2. The summed E-state index contributed by atoms with van der Waals surface area (Å²) in [7, 11) is 0. The van der Waals surface area contributed by atoms with Crippen LogP contribution in [0.5, 0.6) is 0 Å². The Morgan fingerprint density at radius 2 is 1.62 bits per heavy atom. The third kappa shape index (κ3) is 3.95. The molecule has 4 amide bonds. The Bertz CT molecular complexity index is 1050. The molecule has 0 bridgehead atoms. The van der Waals surface area contributed by atoms with E-state index in [0.717, 1.165) is 6.07 Å². The molecule has 2 aromatic carbocycles. The molecule has 148 valence electrons. The monoisotopic (exact) mass is 396 g/mol. The van der Waals surface area contributed by atoms with Crippen LogP contribution in [0.2, 0.25) is 0 Å². The van der Waals surface area contributed by atoms with E-state index in [9.17, 15) is 29.3 Å². The van der Waals surface area contributed by atoms with Crippen LogP contribution in [-0.4, -0.2) is 40.0 Å². The maximum absolute atomic E-state index is 12.5. The first-order valence-corrected chi connectivity index (χ1v) is 8.65. The molecule has 0 fully saturated rings. The van der Waals surface area contributed by atoms with E-state index in [0.29, 0.717) is 22.7 Å². The quantitative estimate of drug-likeness (QED) is 0.436. The summed E-state index contributed by atoms with van der Waals surface area (Å²) < 4.78 is 0. The summed E-state index contributed by atoms with van der Waals surface area (Å²) in [5.74, 6) is -2.52. The smallest absolute Gasteiger partial charge is 0.282 e. The van der Waals surface area contributed by atoms with Crippen molar-refractivity contribution in [3.8, 4) is 0 Å². The predicted molar refractivity (Wildman–Crippen MR) is 102 cm³/mol. The van der Waals surface area contributed by atoms with Crippen molar-refractivity contribution in [2.45, 2.75) is 13.3 Å². The van der Waals surface area contributed by atoms with Gasteiger partial charge in [-0.3, -0.25) is 34.2 Å². The number of carbonyl (C=O) groups is 4. The molecule has 10 heteroatoms. The third-order valence-corrected chi connectivity index (χ3v) is 4.23. The van der Waals surface area contributed by atoms with Gasteiger partial charge in [0.15, 0.2) is 0 Å². The second-order valence-electron chi connectivity index (χ2n) is 6.18. The van der Waals surface area contributed by atoms with Crippen LogP contribution in [0, 0.1) is 10.1 Å². The molecule has 0 aromatic heterocycles. The van der Waals surface area contributed by atoms with E-state index in [4.69, 9.17) is 0 Å². The molecule has 0 radical (unpaired) electrons. The average Bonchev–Trinajstić information content (AvgIpc) is 2.93. The molecule has 1 aliphatic heterocycles. The highest BCUT2D eigenvalue weighted by Gasteiger charge is 2.41. The second kappa shape index (κ2) is 7.89. The molecule has 2 N–H and O–H groups in total. The van der Waals surface area contributed by atoms with Gasteiger partial charge in [-0.1, -0.05) is 19.1 Å². The van der Waals surface area contributed by atoms with E-state index in [-0.39, 0.29) is 17.0 Å². The van der Waals surface area contributed by atoms with Gasteiger partial charge in [-0.05, 0) is 24.3 Å². The Morgan fingerprint density at radius 3 is 2.24 bits per heavy atom. The molecule has 0 spiro atoms. The lowest BCUT2D eigenvalue weighted by Gasteiger charge is -2.14. The number of nitro benzene ring substituents is 1. The molecule has 2 aromatic rings. The first kappa shape index (κ1) is 19.7. The molecule has 1 heterocycles. The number of amides is 4. The minimum Gasteiger partial charge on any atom is -0.326 e. The Balaban J connectivity index is 1.74. The van der Waals surface area contributed by atoms with Crippen LogP contribution in [0.3, 0.4) is 0 Å². The van der Waals surface area contributed by atoms with Crippen LogP contribution >= 0.6 is 0 Å². The van der Waals surface area contributed by atoms with E-state index < -0.39 is 34.9 Å². The number of fused-ring (bicyclic) bond motifs is 1. The molecular formula is C19H16N4O6. The highest BCUT2D eigenvalue weighted by molar-refractivity contribution is 6.24. The highest BCUT2D eigenvalue weighted by atomic mass is 16.6. The number of anilines is 2.